The highest BCUT2D eigenvalue weighted by Crippen LogP contribution is 2.29. The highest BCUT2D eigenvalue weighted by atomic mass is 32.1. The smallest absolute Gasteiger partial charge is 0.0794 e. The molecule has 1 heterocycles. The van der Waals surface area contributed by atoms with Gasteiger partial charge in [0.2, 0.25) is 0 Å². The molecule has 0 aliphatic heterocycles. The van der Waals surface area contributed by atoms with Crippen molar-refractivity contribution in [2.75, 3.05) is 0 Å². The molecule has 0 aliphatic rings. The SMILES string of the molecule is CC(C)CC(O)(Cc1cncs1)CC(C)C. The van der Waals surface area contributed by atoms with E-state index in [1.807, 2.05) is 11.7 Å². The number of rotatable bonds is 6. The number of thiazole rings is 1. The van der Waals surface area contributed by atoms with Crippen LogP contribution in [-0.4, -0.2) is 15.7 Å². The van der Waals surface area contributed by atoms with Crippen LogP contribution in [0.15, 0.2) is 11.7 Å². The minimum atomic E-state index is -0.561. The second kappa shape index (κ2) is 5.78. The Hall–Kier alpha value is -0.410. The summed E-state index contributed by atoms with van der Waals surface area (Å²) in [5.74, 6) is 1.05. The van der Waals surface area contributed by atoms with E-state index in [-0.39, 0.29) is 0 Å². The van der Waals surface area contributed by atoms with Gasteiger partial charge in [-0.25, -0.2) is 0 Å². The van der Waals surface area contributed by atoms with Crippen molar-refractivity contribution < 1.29 is 5.11 Å². The van der Waals surface area contributed by atoms with Gasteiger partial charge in [0.15, 0.2) is 0 Å². The summed E-state index contributed by atoms with van der Waals surface area (Å²) in [5.41, 5.74) is 1.27. The number of nitrogens with zero attached hydrogens (tertiary/aromatic N) is 1. The molecule has 0 spiro atoms. The molecule has 0 radical (unpaired) electrons. The topological polar surface area (TPSA) is 33.1 Å². The lowest BCUT2D eigenvalue weighted by atomic mass is 9.82. The molecule has 0 atom stereocenters. The lowest BCUT2D eigenvalue weighted by molar-refractivity contribution is 0.00139. The number of hydrogen-bond acceptors (Lipinski definition) is 3. The van der Waals surface area contributed by atoms with Crippen molar-refractivity contribution in [2.45, 2.75) is 52.6 Å². The van der Waals surface area contributed by atoms with Crippen LogP contribution < -0.4 is 0 Å². The Morgan fingerprint density at radius 2 is 1.81 bits per heavy atom. The Balaban J connectivity index is 2.69. The second-order valence-electron chi connectivity index (χ2n) is 5.56. The van der Waals surface area contributed by atoms with Crippen molar-refractivity contribution in [1.82, 2.24) is 4.98 Å². The minimum Gasteiger partial charge on any atom is -0.389 e. The summed E-state index contributed by atoms with van der Waals surface area (Å²) >= 11 is 1.63. The highest BCUT2D eigenvalue weighted by molar-refractivity contribution is 7.09. The van der Waals surface area contributed by atoms with Gasteiger partial charge >= 0.3 is 0 Å². The molecule has 0 bridgehead atoms. The van der Waals surface area contributed by atoms with Crippen molar-refractivity contribution >= 4 is 11.3 Å². The first-order valence-corrected chi connectivity index (χ1v) is 6.89. The van der Waals surface area contributed by atoms with Gasteiger partial charge in [0.1, 0.15) is 0 Å². The molecule has 1 aromatic heterocycles. The molecule has 0 amide bonds. The van der Waals surface area contributed by atoms with Crippen LogP contribution in [-0.2, 0) is 6.42 Å². The van der Waals surface area contributed by atoms with E-state index in [2.05, 4.69) is 32.7 Å². The maximum Gasteiger partial charge on any atom is 0.0794 e. The van der Waals surface area contributed by atoms with Crippen molar-refractivity contribution in [1.29, 1.82) is 0 Å². The van der Waals surface area contributed by atoms with Crippen molar-refractivity contribution in [3.63, 3.8) is 0 Å². The van der Waals surface area contributed by atoms with Gasteiger partial charge in [0, 0.05) is 17.5 Å². The predicted octanol–water partition coefficient (Wildman–Crippen LogP) is 3.51. The van der Waals surface area contributed by atoms with Gasteiger partial charge in [-0.1, -0.05) is 27.7 Å². The van der Waals surface area contributed by atoms with E-state index < -0.39 is 5.60 Å². The maximum atomic E-state index is 10.7. The third-order valence-electron chi connectivity index (χ3n) is 2.56. The van der Waals surface area contributed by atoms with Crippen LogP contribution in [0.25, 0.3) is 0 Å². The van der Waals surface area contributed by atoms with Crippen molar-refractivity contribution in [2.24, 2.45) is 11.8 Å². The molecule has 0 aliphatic carbocycles. The Morgan fingerprint density at radius 1 is 1.25 bits per heavy atom. The summed E-state index contributed by atoms with van der Waals surface area (Å²) in [4.78, 5) is 5.26. The van der Waals surface area contributed by atoms with Gasteiger partial charge in [-0.3, -0.25) is 4.98 Å². The zero-order chi connectivity index (χ0) is 12.2. The van der Waals surface area contributed by atoms with Gasteiger partial charge < -0.3 is 5.11 Å². The zero-order valence-electron chi connectivity index (χ0n) is 10.7. The summed E-state index contributed by atoms with van der Waals surface area (Å²) < 4.78 is 0. The maximum absolute atomic E-state index is 10.7. The molecule has 1 N–H and O–H groups in total. The van der Waals surface area contributed by atoms with Crippen LogP contribution in [0.4, 0.5) is 0 Å². The fourth-order valence-corrected chi connectivity index (χ4v) is 3.13. The number of aliphatic hydroxyl groups is 1. The first kappa shape index (κ1) is 13.7. The Morgan fingerprint density at radius 3 is 2.19 bits per heavy atom. The van der Waals surface area contributed by atoms with Crippen LogP contribution in [0.3, 0.4) is 0 Å². The summed E-state index contributed by atoms with van der Waals surface area (Å²) in [7, 11) is 0. The quantitative estimate of drug-likeness (QED) is 0.826. The van der Waals surface area contributed by atoms with Crippen molar-refractivity contribution in [3.05, 3.63) is 16.6 Å². The molecule has 16 heavy (non-hydrogen) atoms. The normalized spacial score (nSPS) is 12.7. The molecule has 0 fully saturated rings. The van der Waals surface area contributed by atoms with E-state index in [0.717, 1.165) is 19.3 Å². The molecule has 92 valence electrons. The van der Waals surface area contributed by atoms with Crippen LogP contribution in [0.2, 0.25) is 0 Å². The van der Waals surface area contributed by atoms with Crippen LogP contribution >= 0.6 is 11.3 Å². The van der Waals surface area contributed by atoms with E-state index in [1.54, 1.807) is 11.3 Å². The third kappa shape index (κ3) is 4.62. The molecular weight excluding hydrogens is 218 g/mol. The largest absolute Gasteiger partial charge is 0.389 e. The molecule has 0 saturated heterocycles. The molecule has 2 nitrogen and oxygen atoms in total. The third-order valence-corrected chi connectivity index (χ3v) is 3.34. The second-order valence-corrected chi connectivity index (χ2v) is 6.54. The first-order valence-electron chi connectivity index (χ1n) is 6.01. The highest BCUT2D eigenvalue weighted by Gasteiger charge is 2.29. The van der Waals surface area contributed by atoms with Crippen molar-refractivity contribution in [3.8, 4) is 0 Å². The minimum absolute atomic E-state index is 0.525. The Kier molecular flexibility index (Phi) is 4.93. The average Bonchev–Trinajstić information content (AvgIpc) is 2.51. The van der Waals surface area contributed by atoms with Gasteiger partial charge in [-0.05, 0) is 24.7 Å². The fraction of sp³-hybridized carbons (Fsp3) is 0.769. The lowest BCUT2D eigenvalue weighted by Crippen LogP contribution is -2.34. The Bertz CT molecular complexity index is 283. The molecule has 0 aromatic carbocycles. The molecule has 1 rings (SSSR count). The van der Waals surface area contributed by atoms with E-state index in [9.17, 15) is 5.11 Å². The molecular formula is C13H23NOS. The number of aromatic nitrogens is 1. The van der Waals surface area contributed by atoms with E-state index >= 15 is 0 Å². The Labute approximate surface area is 103 Å². The van der Waals surface area contributed by atoms with E-state index in [1.165, 1.54) is 4.88 Å². The van der Waals surface area contributed by atoms with Gasteiger partial charge in [-0.15, -0.1) is 11.3 Å². The summed E-state index contributed by atoms with van der Waals surface area (Å²) in [5, 5.41) is 10.7. The van der Waals surface area contributed by atoms with Gasteiger partial charge in [0.05, 0.1) is 11.1 Å². The van der Waals surface area contributed by atoms with Crippen LogP contribution in [0.1, 0.15) is 45.4 Å². The zero-order valence-corrected chi connectivity index (χ0v) is 11.5. The predicted molar refractivity (Wildman–Crippen MR) is 69.7 cm³/mol. The van der Waals surface area contributed by atoms with Crippen LogP contribution in [0, 0.1) is 11.8 Å². The fourth-order valence-electron chi connectivity index (χ4n) is 2.40. The molecule has 0 unspecified atom stereocenters. The molecule has 3 heteroatoms. The summed E-state index contributed by atoms with van der Waals surface area (Å²) in [6, 6.07) is 0. The van der Waals surface area contributed by atoms with Gasteiger partial charge in [0.25, 0.3) is 0 Å². The molecule has 1 aromatic rings. The average molecular weight is 241 g/mol. The summed E-state index contributed by atoms with van der Waals surface area (Å²) in [6.07, 6.45) is 4.34. The number of hydrogen-bond donors (Lipinski definition) is 1. The lowest BCUT2D eigenvalue weighted by Gasteiger charge is -2.31. The summed E-state index contributed by atoms with van der Waals surface area (Å²) in [6.45, 7) is 8.66. The first-order chi connectivity index (χ1) is 7.41. The monoisotopic (exact) mass is 241 g/mol. The molecule has 0 saturated carbocycles. The van der Waals surface area contributed by atoms with E-state index in [4.69, 9.17) is 0 Å². The van der Waals surface area contributed by atoms with Gasteiger partial charge in [-0.2, -0.15) is 0 Å². The van der Waals surface area contributed by atoms with E-state index in [0.29, 0.717) is 11.8 Å². The van der Waals surface area contributed by atoms with Crippen LogP contribution in [0.5, 0.6) is 0 Å². The standard InChI is InChI=1S/C13H23NOS/c1-10(2)5-13(15,6-11(3)4)7-12-8-14-9-16-12/h8-11,15H,5-7H2,1-4H3.